The fourth-order valence-electron chi connectivity index (χ4n) is 4.37. The fraction of sp³-hybridized carbons (Fsp3) is 0.579. The maximum Gasteiger partial charge on any atom is 0.309 e. The molecular weight excluding hydrogens is 322 g/mol. The lowest BCUT2D eigenvalue weighted by atomic mass is 9.57. The first-order chi connectivity index (χ1) is 12.0. The number of carbonyl (C=O) groups excluding carboxylic acids is 1. The third-order valence-corrected chi connectivity index (χ3v) is 6.09. The first-order valence-electron chi connectivity index (χ1n) is 8.98. The minimum absolute atomic E-state index is 0.160. The molecule has 6 nitrogen and oxygen atoms in total. The quantitative estimate of drug-likeness (QED) is 0.880. The molecule has 0 saturated heterocycles. The molecule has 0 aromatic heterocycles. The highest BCUT2D eigenvalue weighted by atomic mass is 16.5. The Labute approximate surface area is 146 Å². The van der Waals surface area contributed by atoms with E-state index in [2.05, 4.69) is 5.32 Å². The van der Waals surface area contributed by atoms with Crippen molar-refractivity contribution in [2.75, 3.05) is 13.2 Å². The van der Waals surface area contributed by atoms with Crippen molar-refractivity contribution < 1.29 is 24.2 Å². The lowest BCUT2D eigenvalue weighted by Crippen LogP contribution is -2.58. The summed E-state index contributed by atoms with van der Waals surface area (Å²) in [5, 5.41) is 12.7. The van der Waals surface area contributed by atoms with Crippen LogP contribution in [0.1, 0.15) is 55.3 Å². The predicted octanol–water partition coefficient (Wildman–Crippen LogP) is 2.76. The lowest BCUT2D eigenvalue weighted by molar-refractivity contribution is -0.156. The van der Waals surface area contributed by atoms with Crippen molar-refractivity contribution in [3.8, 4) is 11.5 Å². The van der Waals surface area contributed by atoms with E-state index in [-0.39, 0.29) is 11.4 Å². The number of carboxylic acids is 1. The van der Waals surface area contributed by atoms with Gasteiger partial charge in [-0.15, -0.1) is 0 Å². The molecule has 3 aliphatic carbocycles. The summed E-state index contributed by atoms with van der Waals surface area (Å²) in [6.45, 7) is 1.11. The maximum absolute atomic E-state index is 12.9. The van der Waals surface area contributed by atoms with Crippen LogP contribution in [0, 0.1) is 5.41 Å². The number of hydrogen-bond acceptors (Lipinski definition) is 4. The normalized spacial score (nSPS) is 30.4. The first-order valence-corrected chi connectivity index (χ1v) is 8.98. The molecule has 4 aliphatic rings. The average Bonchev–Trinajstić information content (AvgIpc) is 2.88. The van der Waals surface area contributed by atoms with E-state index in [1.807, 2.05) is 6.07 Å². The molecule has 1 aliphatic heterocycles. The van der Waals surface area contributed by atoms with Crippen LogP contribution in [0.25, 0.3) is 0 Å². The molecule has 2 bridgehead atoms. The molecule has 5 rings (SSSR count). The van der Waals surface area contributed by atoms with Gasteiger partial charge in [0.2, 0.25) is 0 Å². The van der Waals surface area contributed by atoms with Gasteiger partial charge in [0.1, 0.15) is 0 Å². The zero-order valence-electron chi connectivity index (χ0n) is 14.2. The summed E-state index contributed by atoms with van der Waals surface area (Å²) in [6.07, 6.45) is 4.85. The third kappa shape index (κ3) is 2.73. The van der Waals surface area contributed by atoms with Crippen molar-refractivity contribution in [3.05, 3.63) is 23.8 Å². The van der Waals surface area contributed by atoms with Crippen LogP contribution in [0.3, 0.4) is 0 Å². The van der Waals surface area contributed by atoms with Gasteiger partial charge in [-0.1, -0.05) is 6.07 Å². The molecule has 6 heteroatoms. The number of ether oxygens (including phenoxy) is 2. The van der Waals surface area contributed by atoms with Gasteiger partial charge in [-0.3, -0.25) is 9.59 Å². The van der Waals surface area contributed by atoms with Crippen LogP contribution in [0.2, 0.25) is 0 Å². The number of rotatable bonds is 3. The van der Waals surface area contributed by atoms with Gasteiger partial charge in [-0.25, -0.2) is 0 Å². The number of fused-ring (bicyclic) bond motifs is 4. The number of nitrogens with one attached hydrogen (secondary N) is 1. The monoisotopic (exact) mass is 345 g/mol. The van der Waals surface area contributed by atoms with Crippen LogP contribution in [0.4, 0.5) is 0 Å². The molecule has 1 amide bonds. The minimum Gasteiger partial charge on any atom is -0.490 e. The van der Waals surface area contributed by atoms with E-state index in [9.17, 15) is 14.7 Å². The first kappa shape index (κ1) is 16.2. The Kier molecular flexibility index (Phi) is 3.85. The van der Waals surface area contributed by atoms with Crippen LogP contribution >= 0.6 is 0 Å². The number of para-hydroxylation sites is 1. The second-order valence-corrected chi connectivity index (χ2v) is 7.50. The van der Waals surface area contributed by atoms with Crippen LogP contribution in [0.15, 0.2) is 18.2 Å². The van der Waals surface area contributed by atoms with Crippen LogP contribution in [-0.2, 0) is 4.79 Å². The van der Waals surface area contributed by atoms with Crippen molar-refractivity contribution in [2.45, 2.75) is 50.5 Å². The number of benzene rings is 1. The zero-order chi connectivity index (χ0) is 17.5. The second-order valence-electron chi connectivity index (χ2n) is 7.50. The summed E-state index contributed by atoms with van der Waals surface area (Å²) < 4.78 is 11.4. The molecule has 134 valence electrons. The number of aliphatic carboxylic acids is 1. The van der Waals surface area contributed by atoms with Gasteiger partial charge in [-0.2, -0.15) is 0 Å². The van der Waals surface area contributed by atoms with E-state index in [4.69, 9.17) is 9.47 Å². The van der Waals surface area contributed by atoms with E-state index in [1.165, 1.54) is 0 Å². The van der Waals surface area contributed by atoms with E-state index in [1.54, 1.807) is 12.1 Å². The van der Waals surface area contributed by atoms with Gasteiger partial charge in [0.15, 0.2) is 11.5 Å². The number of amides is 1. The minimum atomic E-state index is -0.689. The lowest BCUT2D eigenvalue weighted by Gasteiger charge is -2.51. The summed E-state index contributed by atoms with van der Waals surface area (Å²) in [5.74, 6) is 0.276. The van der Waals surface area contributed by atoms with Crippen molar-refractivity contribution in [1.82, 2.24) is 5.32 Å². The fourth-order valence-corrected chi connectivity index (χ4v) is 4.37. The van der Waals surface area contributed by atoms with E-state index >= 15 is 0 Å². The molecule has 3 fully saturated rings. The Morgan fingerprint density at radius 2 is 1.68 bits per heavy atom. The van der Waals surface area contributed by atoms with Gasteiger partial charge in [0.25, 0.3) is 5.91 Å². The predicted molar refractivity (Wildman–Crippen MR) is 90.0 cm³/mol. The molecule has 1 heterocycles. The van der Waals surface area contributed by atoms with Gasteiger partial charge in [-0.05, 0) is 50.7 Å². The Hall–Kier alpha value is -2.24. The molecule has 25 heavy (non-hydrogen) atoms. The average molecular weight is 345 g/mol. The largest absolute Gasteiger partial charge is 0.490 e. The van der Waals surface area contributed by atoms with Crippen LogP contribution < -0.4 is 14.8 Å². The summed E-state index contributed by atoms with van der Waals surface area (Å²) in [5.41, 5.74) is -0.370. The summed E-state index contributed by atoms with van der Waals surface area (Å²) in [7, 11) is 0. The molecular formula is C19H23NO5. The topological polar surface area (TPSA) is 84.9 Å². The summed E-state index contributed by atoms with van der Waals surface area (Å²) >= 11 is 0. The van der Waals surface area contributed by atoms with Gasteiger partial charge in [0, 0.05) is 12.0 Å². The Morgan fingerprint density at radius 3 is 2.36 bits per heavy atom. The van der Waals surface area contributed by atoms with E-state index in [0.717, 1.165) is 25.7 Å². The van der Waals surface area contributed by atoms with Crippen molar-refractivity contribution in [3.63, 3.8) is 0 Å². The Bertz CT molecular complexity index is 689. The van der Waals surface area contributed by atoms with Crippen LogP contribution in [-0.4, -0.2) is 35.7 Å². The Balaban J connectivity index is 1.53. The third-order valence-electron chi connectivity index (χ3n) is 6.09. The van der Waals surface area contributed by atoms with Gasteiger partial charge < -0.3 is 19.9 Å². The van der Waals surface area contributed by atoms with Crippen molar-refractivity contribution >= 4 is 11.9 Å². The van der Waals surface area contributed by atoms with Crippen LogP contribution in [0.5, 0.6) is 11.5 Å². The standard InChI is InChI=1S/C19H23NO5/c21-16(13-3-1-4-14-15(13)25-12-2-11-24-14)20-19-8-5-18(6-9-19,7-10-19)17(22)23/h1,3-4H,2,5-12H2,(H,20,21)(H,22,23). The molecule has 0 radical (unpaired) electrons. The molecule has 1 aromatic rings. The SMILES string of the molecule is O=C(NC12CCC(C(=O)O)(CC1)CC2)c1cccc2c1OCCCO2. The summed E-state index contributed by atoms with van der Waals surface area (Å²) in [4.78, 5) is 24.5. The zero-order valence-corrected chi connectivity index (χ0v) is 14.2. The number of carboxylic acid groups (broad SMARTS) is 1. The molecule has 0 unspecified atom stereocenters. The number of hydrogen-bond donors (Lipinski definition) is 2. The second kappa shape index (κ2) is 5.93. The van der Waals surface area contributed by atoms with Gasteiger partial charge in [0.05, 0.1) is 24.2 Å². The van der Waals surface area contributed by atoms with Gasteiger partial charge >= 0.3 is 5.97 Å². The smallest absolute Gasteiger partial charge is 0.309 e. The molecule has 1 aromatic carbocycles. The highest BCUT2D eigenvalue weighted by Crippen LogP contribution is 2.52. The highest BCUT2D eigenvalue weighted by Gasteiger charge is 2.53. The highest BCUT2D eigenvalue weighted by molar-refractivity contribution is 5.98. The maximum atomic E-state index is 12.9. The molecule has 3 saturated carbocycles. The Morgan fingerprint density at radius 1 is 1.00 bits per heavy atom. The van der Waals surface area contributed by atoms with Crippen molar-refractivity contribution in [1.29, 1.82) is 0 Å². The number of carbonyl (C=O) groups is 2. The molecule has 0 atom stereocenters. The van der Waals surface area contributed by atoms with E-state index in [0.29, 0.717) is 49.5 Å². The molecule has 2 N–H and O–H groups in total. The molecule has 0 spiro atoms. The van der Waals surface area contributed by atoms with E-state index < -0.39 is 11.4 Å². The van der Waals surface area contributed by atoms with Crippen molar-refractivity contribution in [2.24, 2.45) is 5.41 Å². The summed E-state index contributed by atoms with van der Waals surface area (Å²) in [6, 6.07) is 5.38.